The molecule has 3 atom stereocenters. The molecule has 3 aromatic rings. The Hall–Kier alpha value is -3.72. The van der Waals surface area contributed by atoms with E-state index in [4.69, 9.17) is 4.84 Å². The highest BCUT2D eigenvalue weighted by Crippen LogP contribution is 2.47. The molecule has 0 unspecified atom stereocenters. The second-order valence-corrected chi connectivity index (χ2v) is 7.77. The number of hydroxylamine groups is 1. The van der Waals surface area contributed by atoms with E-state index in [1.807, 2.05) is 0 Å². The van der Waals surface area contributed by atoms with E-state index in [-0.39, 0.29) is 5.69 Å². The van der Waals surface area contributed by atoms with Gasteiger partial charge in [-0.05, 0) is 54.1 Å². The van der Waals surface area contributed by atoms with Crippen molar-refractivity contribution < 1.29 is 32.0 Å². The molecule has 2 aliphatic rings. The first-order valence-electron chi connectivity index (χ1n) is 10.1. The fourth-order valence-corrected chi connectivity index (χ4v) is 4.27. The summed E-state index contributed by atoms with van der Waals surface area (Å²) in [7, 11) is 0. The van der Waals surface area contributed by atoms with Gasteiger partial charge in [0, 0.05) is 0 Å². The molecular formula is C24H16F4N2O3. The van der Waals surface area contributed by atoms with Crippen molar-refractivity contribution in [3.05, 3.63) is 95.8 Å². The Morgan fingerprint density at radius 1 is 0.758 bits per heavy atom. The lowest BCUT2D eigenvalue weighted by atomic mass is 9.90. The highest BCUT2D eigenvalue weighted by molar-refractivity contribution is 6.23. The van der Waals surface area contributed by atoms with Gasteiger partial charge in [-0.25, -0.2) is 14.4 Å². The highest BCUT2D eigenvalue weighted by atomic mass is 19.4. The van der Waals surface area contributed by atoms with Crippen molar-refractivity contribution in [1.29, 1.82) is 0 Å². The summed E-state index contributed by atoms with van der Waals surface area (Å²) in [6, 6.07) is 17.4. The van der Waals surface area contributed by atoms with Crippen LogP contribution in [0.3, 0.4) is 0 Å². The second-order valence-electron chi connectivity index (χ2n) is 7.77. The van der Waals surface area contributed by atoms with Crippen LogP contribution in [0.1, 0.15) is 17.2 Å². The average molecular weight is 456 g/mol. The molecule has 0 radical (unpaired) electrons. The van der Waals surface area contributed by atoms with E-state index >= 15 is 0 Å². The number of imide groups is 1. The summed E-state index contributed by atoms with van der Waals surface area (Å²) in [5.74, 6) is -2.70. The Morgan fingerprint density at radius 3 is 2.00 bits per heavy atom. The van der Waals surface area contributed by atoms with Gasteiger partial charge in [-0.3, -0.25) is 14.4 Å². The van der Waals surface area contributed by atoms with Crippen LogP contribution in [-0.4, -0.2) is 17.9 Å². The van der Waals surface area contributed by atoms with Crippen LogP contribution in [0.15, 0.2) is 78.9 Å². The number of rotatable bonds is 3. The number of benzene rings is 3. The predicted molar refractivity (Wildman–Crippen MR) is 110 cm³/mol. The number of nitrogens with zero attached hydrogens (tertiary/aromatic N) is 2. The van der Waals surface area contributed by atoms with Gasteiger partial charge in [0.05, 0.1) is 23.0 Å². The number of carbonyl (C=O) groups excluding carboxylic acids is 2. The lowest BCUT2D eigenvalue weighted by Crippen LogP contribution is -2.37. The maximum atomic E-state index is 13.5. The van der Waals surface area contributed by atoms with E-state index in [1.165, 1.54) is 29.3 Å². The lowest BCUT2D eigenvalue weighted by molar-refractivity contribution is -0.137. The van der Waals surface area contributed by atoms with Crippen molar-refractivity contribution in [3.8, 4) is 0 Å². The first-order valence-corrected chi connectivity index (χ1v) is 10.1. The summed E-state index contributed by atoms with van der Waals surface area (Å²) in [4.78, 5) is 33.4. The maximum Gasteiger partial charge on any atom is 0.416 e. The molecule has 5 rings (SSSR count). The number of halogens is 4. The topological polar surface area (TPSA) is 49.9 Å². The van der Waals surface area contributed by atoms with Gasteiger partial charge in [0.15, 0.2) is 6.10 Å². The number of carbonyl (C=O) groups is 2. The van der Waals surface area contributed by atoms with Crippen LogP contribution in [0, 0.1) is 11.7 Å². The smallest absolute Gasteiger partial charge is 0.273 e. The number of hydrogen-bond acceptors (Lipinski definition) is 4. The normalized spacial score (nSPS) is 22.7. The molecule has 2 saturated heterocycles. The standard InChI is InChI=1S/C24H16F4N2O3/c25-16-10-6-14(7-11-16)20-19-21(33-30(20)18-4-2-1-3-5-18)23(32)29(22(19)31)17-12-8-15(9-13-17)24(26,27)28/h1-13,19-21H/t19-,20+,21+/m0/s1. The SMILES string of the molecule is O=C1[C@H]2[C@@H](c3ccc(F)cc3)N(c3ccccc3)O[C@H]2C(=O)N1c1ccc(C(F)(F)F)cc1. The first-order chi connectivity index (χ1) is 15.8. The Morgan fingerprint density at radius 2 is 1.39 bits per heavy atom. The van der Waals surface area contributed by atoms with Crippen molar-refractivity contribution >= 4 is 23.2 Å². The molecule has 0 spiro atoms. The largest absolute Gasteiger partial charge is 0.416 e. The minimum Gasteiger partial charge on any atom is -0.273 e. The predicted octanol–water partition coefficient (Wildman–Crippen LogP) is 4.90. The van der Waals surface area contributed by atoms with Crippen LogP contribution in [0.25, 0.3) is 0 Å². The molecule has 0 saturated carbocycles. The minimum atomic E-state index is -4.54. The molecular weight excluding hydrogens is 440 g/mol. The van der Waals surface area contributed by atoms with Gasteiger partial charge in [-0.1, -0.05) is 30.3 Å². The molecule has 9 heteroatoms. The summed E-state index contributed by atoms with van der Waals surface area (Å²) in [6.45, 7) is 0. The zero-order valence-electron chi connectivity index (χ0n) is 16.9. The molecule has 168 valence electrons. The third kappa shape index (κ3) is 3.54. The number of para-hydroxylation sites is 1. The highest BCUT2D eigenvalue weighted by Gasteiger charge is 2.60. The zero-order chi connectivity index (χ0) is 23.3. The molecule has 2 amide bonds. The number of hydrogen-bond donors (Lipinski definition) is 0. The Balaban J connectivity index is 1.53. The summed E-state index contributed by atoms with van der Waals surface area (Å²) in [5, 5.41) is 1.46. The summed E-state index contributed by atoms with van der Waals surface area (Å²) in [6.07, 6.45) is -5.71. The van der Waals surface area contributed by atoms with Crippen LogP contribution in [0.5, 0.6) is 0 Å². The zero-order valence-corrected chi connectivity index (χ0v) is 16.9. The van der Waals surface area contributed by atoms with E-state index in [2.05, 4.69) is 0 Å². The van der Waals surface area contributed by atoms with Crippen LogP contribution in [0.4, 0.5) is 28.9 Å². The Kier molecular flexibility index (Phi) is 4.93. The molecule has 0 bridgehead atoms. The number of alkyl halides is 3. The molecule has 0 N–H and O–H groups in total. The number of amides is 2. The summed E-state index contributed by atoms with van der Waals surface area (Å²) < 4.78 is 52.3. The van der Waals surface area contributed by atoms with E-state index in [1.54, 1.807) is 30.3 Å². The van der Waals surface area contributed by atoms with Gasteiger partial charge < -0.3 is 0 Å². The van der Waals surface area contributed by atoms with Crippen molar-refractivity contribution in [2.24, 2.45) is 5.92 Å². The third-order valence-corrected chi connectivity index (χ3v) is 5.79. The van der Waals surface area contributed by atoms with Crippen molar-refractivity contribution in [2.75, 3.05) is 9.96 Å². The van der Waals surface area contributed by atoms with E-state index < -0.39 is 47.4 Å². The number of fused-ring (bicyclic) bond motifs is 1. The molecule has 0 aromatic heterocycles. The third-order valence-electron chi connectivity index (χ3n) is 5.79. The number of anilines is 2. The Labute approximate surface area is 185 Å². The van der Waals surface area contributed by atoms with Crippen LogP contribution in [0.2, 0.25) is 0 Å². The molecule has 0 aliphatic carbocycles. The molecule has 2 fully saturated rings. The fraction of sp³-hybridized carbons (Fsp3) is 0.167. The van der Waals surface area contributed by atoms with Gasteiger partial charge >= 0.3 is 6.18 Å². The monoisotopic (exact) mass is 456 g/mol. The van der Waals surface area contributed by atoms with Crippen LogP contribution >= 0.6 is 0 Å². The van der Waals surface area contributed by atoms with Gasteiger partial charge in [0.2, 0.25) is 5.91 Å². The molecule has 3 aromatic carbocycles. The maximum absolute atomic E-state index is 13.5. The van der Waals surface area contributed by atoms with E-state index in [0.717, 1.165) is 29.2 Å². The molecule has 5 nitrogen and oxygen atoms in total. The Bertz CT molecular complexity index is 1200. The second kappa shape index (κ2) is 7.70. The molecule has 2 heterocycles. The van der Waals surface area contributed by atoms with Crippen LogP contribution in [-0.2, 0) is 20.6 Å². The van der Waals surface area contributed by atoms with Crippen molar-refractivity contribution in [2.45, 2.75) is 18.3 Å². The molecule has 2 aliphatic heterocycles. The lowest BCUT2D eigenvalue weighted by Gasteiger charge is -2.28. The summed E-state index contributed by atoms with van der Waals surface area (Å²) in [5.41, 5.74) is 0.299. The van der Waals surface area contributed by atoms with Crippen LogP contribution < -0.4 is 9.96 Å². The summed E-state index contributed by atoms with van der Waals surface area (Å²) >= 11 is 0. The van der Waals surface area contributed by atoms with Gasteiger partial charge in [0.25, 0.3) is 5.91 Å². The van der Waals surface area contributed by atoms with Crippen molar-refractivity contribution in [3.63, 3.8) is 0 Å². The fourth-order valence-electron chi connectivity index (χ4n) is 4.27. The van der Waals surface area contributed by atoms with E-state index in [0.29, 0.717) is 11.3 Å². The first kappa shape index (κ1) is 21.1. The molecule has 33 heavy (non-hydrogen) atoms. The van der Waals surface area contributed by atoms with Gasteiger partial charge in [0.1, 0.15) is 11.7 Å². The minimum absolute atomic E-state index is 0.0279. The van der Waals surface area contributed by atoms with Crippen molar-refractivity contribution in [1.82, 2.24) is 0 Å². The van der Waals surface area contributed by atoms with Gasteiger partial charge in [-0.15, -0.1) is 0 Å². The average Bonchev–Trinajstić information content (AvgIpc) is 3.31. The van der Waals surface area contributed by atoms with E-state index in [9.17, 15) is 27.2 Å². The van der Waals surface area contributed by atoms with Gasteiger partial charge in [-0.2, -0.15) is 13.2 Å². The quantitative estimate of drug-likeness (QED) is 0.416.